The summed E-state index contributed by atoms with van der Waals surface area (Å²) in [6, 6.07) is 9.49. The van der Waals surface area contributed by atoms with Crippen LogP contribution < -0.4 is 21.5 Å². The molecule has 3 amide bonds. The highest BCUT2D eigenvalue weighted by Gasteiger charge is 2.35. The van der Waals surface area contributed by atoms with E-state index in [1.165, 1.54) is 4.90 Å². The van der Waals surface area contributed by atoms with Gasteiger partial charge in [0.2, 0.25) is 5.91 Å². The number of hydrogen-bond donors (Lipinski definition) is 3. The van der Waals surface area contributed by atoms with Crippen molar-refractivity contribution >= 4 is 34.9 Å². The predicted octanol–water partition coefficient (Wildman–Crippen LogP) is 2.30. The largest absolute Gasteiger partial charge is 0.494 e. The van der Waals surface area contributed by atoms with Gasteiger partial charge in [-0.3, -0.25) is 19.4 Å². The normalized spacial score (nSPS) is 15.6. The average Bonchev–Trinajstić information content (AvgIpc) is 3.58. The van der Waals surface area contributed by atoms with E-state index in [9.17, 15) is 14.4 Å². The van der Waals surface area contributed by atoms with E-state index in [-0.39, 0.29) is 34.8 Å². The van der Waals surface area contributed by atoms with Crippen LogP contribution in [0.1, 0.15) is 57.1 Å². The minimum absolute atomic E-state index is 0.0190. The van der Waals surface area contributed by atoms with Gasteiger partial charge in [-0.15, -0.1) is 0 Å². The molecule has 1 saturated heterocycles. The molecule has 11 nitrogen and oxygen atoms in total. The molecule has 38 heavy (non-hydrogen) atoms. The number of amides is 3. The number of rotatable bonds is 11. The number of carbonyl (C=O) groups is 3. The molecule has 12 heteroatoms. The Morgan fingerprint density at radius 3 is 2.66 bits per heavy atom. The van der Waals surface area contributed by atoms with Gasteiger partial charge in [-0.2, -0.15) is 4.37 Å². The average molecular weight is 539 g/mol. The van der Waals surface area contributed by atoms with Crippen molar-refractivity contribution < 1.29 is 23.9 Å². The third-order valence-electron chi connectivity index (χ3n) is 6.09. The number of hydrogen-bond acceptors (Lipinski definition) is 9. The third-order valence-corrected chi connectivity index (χ3v) is 6.94. The molecule has 3 heterocycles. The van der Waals surface area contributed by atoms with Crippen molar-refractivity contribution in [3.05, 3.63) is 70.5 Å². The van der Waals surface area contributed by atoms with Crippen molar-refractivity contribution in [1.82, 2.24) is 19.6 Å². The summed E-state index contributed by atoms with van der Waals surface area (Å²) in [5, 5.41) is 2.95. The van der Waals surface area contributed by atoms with E-state index in [0.717, 1.165) is 24.4 Å². The second-order valence-electron chi connectivity index (χ2n) is 8.72. The zero-order chi connectivity index (χ0) is 27.1. The quantitative estimate of drug-likeness (QED) is 0.335. The molecule has 0 unspecified atom stereocenters. The molecular weight excluding hydrogens is 508 g/mol. The lowest BCUT2D eigenvalue weighted by molar-refractivity contribution is -0.126. The van der Waals surface area contributed by atoms with Gasteiger partial charge < -0.3 is 31.2 Å². The third kappa shape index (κ3) is 6.26. The molecule has 0 radical (unpaired) electrons. The van der Waals surface area contributed by atoms with Gasteiger partial charge in [-0.25, -0.2) is 0 Å². The number of nitrogens with two attached hydrogens (primary N) is 2. The van der Waals surface area contributed by atoms with Gasteiger partial charge in [-0.05, 0) is 60.6 Å². The lowest BCUT2D eigenvalue weighted by atomic mass is 10.0. The summed E-state index contributed by atoms with van der Waals surface area (Å²) in [7, 11) is 0. The molecule has 200 valence electrons. The number of aromatic nitrogens is 2. The van der Waals surface area contributed by atoms with Crippen LogP contribution in [0.15, 0.2) is 48.8 Å². The molecular formula is C26H30N6O5S. The van der Waals surface area contributed by atoms with Crippen LogP contribution in [0.5, 0.6) is 5.75 Å². The molecule has 5 N–H and O–H groups in total. The number of nitrogen functional groups attached to an aromatic ring is 1. The number of ether oxygens (including phenoxy) is 2. The number of nitrogens with one attached hydrogen (secondary N) is 1. The number of primary amides is 1. The first-order valence-electron chi connectivity index (χ1n) is 12.3. The maximum atomic E-state index is 14.0. The highest BCUT2D eigenvalue weighted by molar-refractivity contribution is 7.09. The van der Waals surface area contributed by atoms with Crippen LogP contribution in [0, 0.1) is 0 Å². The molecule has 0 spiro atoms. The van der Waals surface area contributed by atoms with E-state index in [4.69, 9.17) is 20.9 Å². The second-order valence-corrected chi connectivity index (χ2v) is 9.49. The molecule has 1 aliphatic heterocycles. The minimum Gasteiger partial charge on any atom is -0.494 e. The van der Waals surface area contributed by atoms with Crippen LogP contribution in [0.2, 0.25) is 0 Å². The van der Waals surface area contributed by atoms with Gasteiger partial charge in [0.25, 0.3) is 11.8 Å². The Bertz CT molecular complexity index is 1260. The van der Waals surface area contributed by atoms with Crippen LogP contribution in [0.4, 0.5) is 5.69 Å². The number of pyridine rings is 1. The topological polar surface area (TPSA) is 163 Å². The standard InChI is InChI=1S/C26H30N6O5S/c1-2-36-18-9-7-17(8-10-18)22(25(34)30-14-19-6-4-12-37-19)32(15-16-5-3-11-29-13-16)26(35)23-20(27)21(24(28)33)31-38-23/h3,5,7-11,13,19,22H,2,4,6,12,14-15,27H2,1H3,(H2,28,33)(H,30,34)/t19-,22+/m1/s1. The van der Waals surface area contributed by atoms with E-state index >= 15 is 0 Å². The van der Waals surface area contributed by atoms with E-state index in [1.807, 2.05) is 6.92 Å². The van der Waals surface area contributed by atoms with Crippen molar-refractivity contribution in [2.75, 3.05) is 25.5 Å². The highest BCUT2D eigenvalue weighted by atomic mass is 32.1. The van der Waals surface area contributed by atoms with Gasteiger partial charge in [0.1, 0.15) is 16.7 Å². The molecule has 3 aromatic rings. The fourth-order valence-corrected chi connectivity index (χ4v) is 4.99. The van der Waals surface area contributed by atoms with E-state index in [1.54, 1.807) is 48.8 Å². The molecule has 0 bridgehead atoms. The Balaban J connectivity index is 1.74. The number of benzene rings is 1. The lowest BCUT2D eigenvalue weighted by Crippen LogP contribution is -2.45. The SMILES string of the molecule is CCOc1ccc([C@@H](C(=O)NC[C@H]2CCCO2)N(Cc2cccnc2)C(=O)c2snc(C(N)=O)c2N)cc1. The molecule has 4 rings (SSSR count). The Kier molecular flexibility index (Phi) is 8.87. The van der Waals surface area contributed by atoms with Crippen LogP contribution in [0.3, 0.4) is 0 Å². The molecule has 1 aromatic carbocycles. The molecule has 0 aliphatic carbocycles. The maximum absolute atomic E-state index is 14.0. The lowest BCUT2D eigenvalue weighted by Gasteiger charge is -2.31. The van der Waals surface area contributed by atoms with Crippen molar-refractivity contribution in [3.8, 4) is 5.75 Å². The smallest absolute Gasteiger partial charge is 0.270 e. The van der Waals surface area contributed by atoms with Gasteiger partial charge in [0.15, 0.2) is 5.69 Å². The van der Waals surface area contributed by atoms with Gasteiger partial charge in [0, 0.05) is 32.1 Å². The van der Waals surface area contributed by atoms with Crippen molar-refractivity contribution in [1.29, 1.82) is 0 Å². The van der Waals surface area contributed by atoms with Gasteiger partial charge in [0.05, 0.1) is 18.4 Å². The van der Waals surface area contributed by atoms with E-state index in [0.29, 0.717) is 36.6 Å². The fraction of sp³-hybridized carbons (Fsp3) is 0.346. The summed E-state index contributed by atoms with van der Waals surface area (Å²) in [5.41, 5.74) is 12.4. The first kappa shape index (κ1) is 27.0. The summed E-state index contributed by atoms with van der Waals surface area (Å²) in [4.78, 5) is 45.0. The molecule has 2 aromatic heterocycles. The van der Waals surface area contributed by atoms with Crippen LogP contribution in [0.25, 0.3) is 0 Å². The summed E-state index contributed by atoms with van der Waals surface area (Å²) >= 11 is 0.764. The Morgan fingerprint density at radius 1 is 1.26 bits per heavy atom. The van der Waals surface area contributed by atoms with Crippen molar-refractivity contribution in [2.45, 2.75) is 38.5 Å². The van der Waals surface area contributed by atoms with Gasteiger partial charge >= 0.3 is 0 Å². The van der Waals surface area contributed by atoms with E-state index < -0.39 is 17.9 Å². The molecule has 0 saturated carbocycles. The number of nitrogens with zero attached hydrogens (tertiary/aromatic N) is 3. The monoisotopic (exact) mass is 538 g/mol. The first-order valence-corrected chi connectivity index (χ1v) is 13.0. The van der Waals surface area contributed by atoms with Crippen LogP contribution in [-0.2, 0) is 16.1 Å². The maximum Gasteiger partial charge on any atom is 0.270 e. The minimum atomic E-state index is -1.04. The Labute approximate surface area is 224 Å². The summed E-state index contributed by atoms with van der Waals surface area (Å²) < 4.78 is 15.2. The molecule has 1 aliphatic rings. The predicted molar refractivity (Wildman–Crippen MR) is 141 cm³/mol. The zero-order valence-electron chi connectivity index (χ0n) is 21.0. The van der Waals surface area contributed by atoms with Gasteiger partial charge in [-0.1, -0.05) is 18.2 Å². The van der Waals surface area contributed by atoms with Crippen LogP contribution in [-0.4, -0.2) is 57.8 Å². The Morgan fingerprint density at radius 2 is 2.05 bits per heavy atom. The van der Waals surface area contributed by atoms with E-state index in [2.05, 4.69) is 14.7 Å². The highest BCUT2D eigenvalue weighted by Crippen LogP contribution is 2.31. The second kappa shape index (κ2) is 12.5. The number of carbonyl (C=O) groups excluding carboxylic acids is 3. The van der Waals surface area contributed by atoms with Crippen molar-refractivity contribution in [3.63, 3.8) is 0 Å². The molecule has 1 fully saturated rings. The Hall–Kier alpha value is -4.03. The first-order chi connectivity index (χ1) is 18.4. The fourth-order valence-electron chi connectivity index (χ4n) is 4.23. The number of anilines is 1. The van der Waals surface area contributed by atoms with Crippen LogP contribution >= 0.6 is 11.5 Å². The van der Waals surface area contributed by atoms with Crippen molar-refractivity contribution in [2.24, 2.45) is 5.73 Å². The summed E-state index contributed by atoms with van der Waals surface area (Å²) in [6.45, 7) is 3.38. The summed E-state index contributed by atoms with van der Waals surface area (Å²) in [5.74, 6) is -1.16. The zero-order valence-corrected chi connectivity index (χ0v) is 21.8. The molecule has 2 atom stereocenters. The summed E-state index contributed by atoms with van der Waals surface area (Å²) in [6.07, 6.45) is 4.93.